The van der Waals surface area contributed by atoms with Gasteiger partial charge >= 0.3 is 0 Å². The van der Waals surface area contributed by atoms with Crippen LogP contribution < -0.4 is 5.32 Å². The molecule has 1 heterocycles. The van der Waals surface area contributed by atoms with Crippen LogP contribution in [0.4, 0.5) is 0 Å². The predicted molar refractivity (Wildman–Crippen MR) is 81.5 cm³/mol. The van der Waals surface area contributed by atoms with Crippen LogP contribution in [-0.2, 0) is 19.9 Å². The Morgan fingerprint density at radius 3 is 2.79 bits per heavy atom. The van der Waals surface area contributed by atoms with Gasteiger partial charge in [-0.15, -0.1) is 0 Å². The molecule has 1 aromatic heterocycles. The topological polar surface area (TPSA) is 29.9 Å². The van der Waals surface area contributed by atoms with Gasteiger partial charge in [-0.3, -0.25) is 0 Å². The summed E-state index contributed by atoms with van der Waals surface area (Å²) in [6.07, 6.45) is 3.35. The van der Waals surface area contributed by atoms with Gasteiger partial charge in [-0.1, -0.05) is 19.9 Å². The van der Waals surface area contributed by atoms with Crippen molar-refractivity contribution in [2.24, 2.45) is 13.0 Å². The van der Waals surface area contributed by atoms with Gasteiger partial charge < -0.3 is 9.88 Å². The Hall–Kier alpha value is -1.35. The van der Waals surface area contributed by atoms with Gasteiger partial charge in [-0.25, -0.2) is 4.98 Å². The van der Waals surface area contributed by atoms with E-state index >= 15 is 0 Å². The number of rotatable bonds is 6. The van der Waals surface area contributed by atoms with Crippen molar-refractivity contribution >= 4 is 11.0 Å². The summed E-state index contributed by atoms with van der Waals surface area (Å²) in [7, 11) is 4.13. The second kappa shape index (κ2) is 6.20. The van der Waals surface area contributed by atoms with E-state index in [0.29, 0.717) is 5.92 Å². The molecule has 0 saturated carbocycles. The first-order chi connectivity index (χ1) is 9.11. The molecule has 1 N–H and O–H groups in total. The molecule has 2 rings (SSSR count). The smallest absolute Gasteiger partial charge is 0.109 e. The molecule has 0 unspecified atom stereocenters. The molecule has 0 fully saturated rings. The number of nitrogens with one attached hydrogen (secondary N) is 1. The highest BCUT2D eigenvalue weighted by atomic mass is 15.1. The number of aromatic nitrogens is 2. The van der Waals surface area contributed by atoms with E-state index in [-0.39, 0.29) is 0 Å². The Morgan fingerprint density at radius 1 is 1.32 bits per heavy atom. The summed E-state index contributed by atoms with van der Waals surface area (Å²) in [5.74, 6) is 1.84. The minimum Gasteiger partial charge on any atom is -0.331 e. The Labute approximate surface area is 116 Å². The van der Waals surface area contributed by atoms with Crippen LogP contribution in [0.25, 0.3) is 11.0 Å². The highest BCUT2D eigenvalue weighted by Gasteiger charge is 2.09. The fourth-order valence-corrected chi connectivity index (χ4v) is 2.46. The Morgan fingerprint density at radius 2 is 2.11 bits per heavy atom. The van der Waals surface area contributed by atoms with Gasteiger partial charge in [0.2, 0.25) is 0 Å². The van der Waals surface area contributed by atoms with Crippen LogP contribution in [0.1, 0.15) is 31.7 Å². The molecule has 0 spiro atoms. The lowest BCUT2D eigenvalue weighted by Crippen LogP contribution is -2.08. The zero-order valence-corrected chi connectivity index (χ0v) is 12.5. The van der Waals surface area contributed by atoms with Crippen LogP contribution in [0, 0.1) is 5.92 Å². The van der Waals surface area contributed by atoms with E-state index in [1.165, 1.54) is 23.3 Å². The fraction of sp³-hybridized carbons (Fsp3) is 0.562. The van der Waals surface area contributed by atoms with Crippen molar-refractivity contribution in [2.75, 3.05) is 13.6 Å². The molecule has 3 nitrogen and oxygen atoms in total. The minimum atomic E-state index is 0.644. The lowest BCUT2D eigenvalue weighted by atomic mass is 10.1. The van der Waals surface area contributed by atoms with Crippen LogP contribution in [0.2, 0.25) is 0 Å². The fourth-order valence-electron chi connectivity index (χ4n) is 2.46. The van der Waals surface area contributed by atoms with Crippen molar-refractivity contribution in [3.63, 3.8) is 0 Å². The second-order valence-corrected chi connectivity index (χ2v) is 5.72. The molecule has 0 aliphatic rings. The van der Waals surface area contributed by atoms with E-state index in [4.69, 9.17) is 4.98 Å². The lowest BCUT2D eigenvalue weighted by Gasteiger charge is -2.05. The molecule has 0 saturated heterocycles. The summed E-state index contributed by atoms with van der Waals surface area (Å²) >= 11 is 0. The van der Waals surface area contributed by atoms with Crippen LogP contribution in [0.15, 0.2) is 18.2 Å². The number of hydrogen-bond donors (Lipinski definition) is 1. The first kappa shape index (κ1) is 14.1. The highest BCUT2D eigenvalue weighted by molar-refractivity contribution is 5.76. The maximum absolute atomic E-state index is 4.74. The first-order valence-electron chi connectivity index (χ1n) is 7.20. The van der Waals surface area contributed by atoms with Crippen molar-refractivity contribution in [1.82, 2.24) is 14.9 Å². The van der Waals surface area contributed by atoms with Crippen LogP contribution in [0.5, 0.6) is 0 Å². The summed E-state index contributed by atoms with van der Waals surface area (Å²) in [5.41, 5.74) is 3.79. The van der Waals surface area contributed by atoms with Crippen molar-refractivity contribution in [2.45, 2.75) is 33.1 Å². The molecule has 3 heteroatoms. The molecule has 0 aliphatic carbocycles. The number of imidazole rings is 1. The van der Waals surface area contributed by atoms with Gasteiger partial charge in [-0.2, -0.15) is 0 Å². The molecule has 0 radical (unpaired) electrons. The standard InChI is InChI=1S/C16H25N3/c1-12(2)10-16-18-14-8-7-13(6-5-9-17-3)11-15(14)19(16)4/h7-8,11-12,17H,5-6,9-10H2,1-4H3. The number of hydrogen-bond acceptors (Lipinski definition) is 2. The highest BCUT2D eigenvalue weighted by Crippen LogP contribution is 2.19. The number of fused-ring (bicyclic) bond motifs is 1. The molecular weight excluding hydrogens is 234 g/mol. The van der Waals surface area contributed by atoms with E-state index in [2.05, 4.69) is 49.0 Å². The zero-order chi connectivity index (χ0) is 13.8. The molecule has 1 aromatic carbocycles. The van der Waals surface area contributed by atoms with E-state index < -0.39 is 0 Å². The third kappa shape index (κ3) is 3.35. The van der Waals surface area contributed by atoms with E-state index in [0.717, 1.165) is 24.9 Å². The van der Waals surface area contributed by atoms with Gasteiger partial charge in [0.15, 0.2) is 0 Å². The summed E-state index contributed by atoms with van der Waals surface area (Å²) < 4.78 is 2.25. The maximum atomic E-state index is 4.74. The Balaban J connectivity index is 2.24. The van der Waals surface area contributed by atoms with Crippen LogP contribution >= 0.6 is 0 Å². The van der Waals surface area contributed by atoms with E-state index in [1.54, 1.807) is 0 Å². The maximum Gasteiger partial charge on any atom is 0.109 e. The summed E-state index contributed by atoms with van der Waals surface area (Å²) in [5, 5.41) is 3.19. The molecule has 0 atom stereocenters. The second-order valence-electron chi connectivity index (χ2n) is 5.72. The van der Waals surface area contributed by atoms with Crippen LogP contribution in [0.3, 0.4) is 0 Å². The van der Waals surface area contributed by atoms with Gasteiger partial charge in [0, 0.05) is 13.5 Å². The SMILES string of the molecule is CNCCCc1ccc2nc(CC(C)C)n(C)c2c1. The summed E-state index contributed by atoms with van der Waals surface area (Å²) in [6, 6.07) is 6.67. The predicted octanol–water partition coefficient (Wildman–Crippen LogP) is 2.92. The summed E-state index contributed by atoms with van der Waals surface area (Å²) in [6.45, 7) is 5.55. The quantitative estimate of drug-likeness (QED) is 0.808. The Bertz CT molecular complexity index is 540. The van der Waals surface area contributed by atoms with Gasteiger partial charge in [0.1, 0.15) is 5.82 Å². The van der Waals surface area contributed by atoms with Crippen molar-refractivity contribution in [1.29, 1.82) is 0 Å². The molecule has 0 aliphatic heterocycles. The average Bonchev–Trinajstić information content (AvgIpc) is 2.66. The Kier molecular flexibility index (Phi) is 4.59. The van der Waals surface area contributed by atoms with Crippen molar-refractivity contribution < 1.29 is 0 Å². The van der Waals surface area contributed by atoms with Gasteiger partial charge in [0.05, 0.1) is 11.0 Å². The van der Waals surface area contributed by atoms with Gasteiger partial charge in [0.25, 0.3) is 0 Å². The van der Waals surface area contributed by atoms with E-state index in [1.807, 2.05) is 7.05 Å². The van der Waals surface area contributed by atoms with Crippen LogP contribution in [-0.4, -0.2) is 23.1 Å². The lowest BCUT2D eigenvalue weighted by molar-refractivity contribution is 0.606. The first-order valence-corrected chi connectivity index (χ1v) is 7.20. The molecular formula is C16H25N3. The monoisotopic (exact) mass is 259 g/mol. The van der Waals surface area contributed by atoms with Gasteiger partial charge in [-0.05, 0) is 50.0 Å². The number of aryl methyl sites for hydroxylation is 2. The largest absolute Gasteiger partial charge is 0.331 e. The molecule has 104 valence electrons. The normalized spacial score (nSPS) is 11.6. The molecule has 0 bridgehead atoms. The van der Waals surface area contributed by atoms with Crippen molar-refractivity contribution in [3.8, 4) is 0 Å². The molecule has 2 aromatic rings. The molecule has 19 heavy (non-hydrogen) atoms. The van der Waals surface area contributed by atoms with E-state index in [9.17, 15) is 0 Å². The number of benzene rings is 1. The average molecular weight is 259 g/mol. The third-order valence-electron chi connectivity index (χ3n) is 3.52. The zero-order valence-electron chi connectivity index (χ0n) is 12.5. The third-order valence-corrected chi connectivity index (χ3v) is 3.52. The summed E-state index contributed by atoms with van der Waals surface area (Å²) in [4.78, 5) is 4.74. The minimum absolute atomic E-state index is 0.644. The molecule has 0 amide bonds. The number of nitrogens with zero attached hydrogens (tertiary/aromatic N) is 2. The van der Waals surface area contributed by atoms with Crippen molar-refractivity contribution in [3.05, 3.63) is 29.6 Å².